The summed E-state index contributed by atoms with van der Waals surface area (Å²) in [4.78, 5) is 6.54. The molecule has 2 aromatic rings. The third kappa shape index (κ3) is 2.99. The highest BCUT2D eigenvalue weighted by molar-refractivity contribution is 5.48. The van der Waals surface area contributed by atoms with Crippen molar-refractivity contribution in [1.82, 2.24) is 15.2 Å². The lowest BCUT2D eigenvalue weighted by Gasteiger charge is -2.21. The number of aryl methyl sites for hydroxylation is 2. The Labute approximate surface area is 113 Å². The molecule has 2 rings (SSSR count). The molecule has 2 N–H and O–H groups in total. The van der Waals surface area contributed by atoms with Gasteiger partial charge in [-0.3, -0.25) is 0 Å². The summed E-state index contributed by atoms with van der Waals surface area (Å²) < 4.78 is 0. The molecule has 1 heterocycles. The van der Waals surface area contributed by atoms with Gasteiger partial charge in [-0.15, -0.1) is 5.10 Å². The molecule has 0 spiro atoms. The van der Waals surface area contributed by atoms with E-state index < -0.39 is 0 Å². The van der Waals surface area contributed by atoms with Crippen LogP contribution in [-0.2, 0) is 6.54 Å². The average molecular weight is 257 g/mol. The first-order chi connectivity index (χ1) is 9.11. The van der Waals surface area contributed by atoms with E-state index in [1.807, 2.05) is 38.1 Å². The highest BCUT2D eigenvalue weighted by Crippen LogP contribution is 2.16. The molecule has 0 radical (unpaired) electrons. The van der Waals surface area contributed by atoms with E-state index in [1.54, 1.807) is 0 Å². The van der Waals surface area contributed by atoms with Gasteiger partial charge in [0.05, 0.1) is 11.4 Å². The van der Waals surface area contributed by atoms with Gasteiger partial charge >= 0.3 is 0 Å². The second-order valence-corrected chi connectivity index (χ2v) is 4.50. The van der Waals surface area contributed by atoms with Crippen molar-refractivity contribution in [1.29, 1.82) is 0 Å². The zero-order valence-corrected chi connectivity index (χ0v) is 11.6. The number of benzene rings is 1. The van der Waals surface area contributed by atoms with Gasteiger partial charge in [0.15, 0.2) is 0 Å². The maximum Gasteiger partial charge on any atom is 0.245 e. The van der Waals surface area contributed by atoms with Gasteiger partial charge in [-0.2, -0.15) is 5.10 Å². The van der Waals surface area contributed by atoms with Crippen molar-refractivity contribution in [2.24, 2.45) is 0 Å². The molecular weight excluding hydrogens is 238 g/mol. The molecule has 0 fully saturated rings. The van der Waals surface area contributed by atoms with Crippen molar-refractivity contribution in [3.63, 3.8) is 0 Å². The molecule has 0 atom stereocenters. The van der Waals surface area contributed by atoms with Crippen LogP contribution in [0.5, 0.6) is 0 Å². The molecule has 1 aromatic heterocycles. The number of hydrogen-bond donors (Lipinski definition) is 1. The van der Waals surface area contributed by atoms with Crippen LogP contribution in [0.15, 0.2) is 24.3 Å². The molecule has 0 bridgehead atoms. The standard InChI is InChI=1S/C14H19N5/c1-4-19(9-12-7-5-6-8-13(12)15)14-16-10(2)11(3)17-18-14/h5-8H,4,9,15H2,1-3H3. The molecular formula is C14H19N5. The fourth-order valence-electron chi connectivity index (χ4n) is 1.79. The number of rotatable bonds is 4. The summed E-state index contributed by atoms with van der Waals surface area (Å²) in [6.07, 6.45) is 0. The number of nitrogens with two attached hydrogens (primary N) is 1. The number of nitrogen functional groups attached to an aromatic ring is 1. The zero-order valence-electron chi connectivity index (χ0n) is 11.6. The van der Waals surface area contributed by atoms with E-state index in [9.17, 15) is 0 Å². The van der Waals surface area contributed by atoms with Crippen molar-refractivity contribution in [3.8, 4) is 0 Å². The average Bonchev–Trinajstić information content (AvgIpc) is 2.41. The van der Waals surface area contributed by atoms with Gasteiger partial charge < -0.3 is 10.6 Å². The van der Waals surface area contributed by atoms with Gasteiger partial charge in [-0.25, -0.2) is 4.98 Å². The molecule has 0 unspecified atom stereocenters. The number of hydrogen-bond acceptors (Lipinski definition) is 5. The minimum absolute atomic E-state index is 0.647. The summed E-state index contributed by atoms with van der Waals surface area (Å²) in [5.41, 5.74) is 9.60. The van der Waals surface area contributed by atoms with Gasteiger partial charge in [0.25, 0.3) is 0 Å². The van der Waals surface area contributed by atoms with Crippen molar-refractivity contribution in [2.75, 3.05) is 17.2 Å². The van der Waals surface area contributed by atoms with Crippen molar-refractivity contribution < 1.29 is 0 Å². The van der Waals surface area contributed by atoms with E-state index >= 15 is 0 Å². The first-order valence-electron chi connectivity index (χ1n) is 6.38. The van der Waals surface area contributed by atoms with Crippen LogP contribution in [-0.4, -0.2) is 21.7 Å². The van der Waals surface area contributed by atoms with Crippen molar-refractivity contribution in [3.05, 3.63) is 41.2 Å². The number of anilines is 2. The van der Waals surface area contributed by atoms with Gasteiger partial charge in [0, 0.05) is 18.8 Å². The minimum Gasteiger partial charge on any atom is -0.398 e. The van der Waals surface area contributed by atoms with Crippen molar-refractivity contribution in [2.45, 2.75) is 27.3 Å². The second kappa shape index (κ2) is 5.65. The Balaban J connectivity index is 2.25. The molecule has 100 valence electrons. The van der Waals surface area contributed by atoms with Crippen LogP contribution in [0.25, 0.3) is 0 Å². The van der Waals surface area contributed by atoms with Crippen molar-refractivity contribution >= 4 is 11.6 Å². The van der Waals surface area contributed by atoms with E-state index in [0.29, 0.717) is 12.5 Å². The molecule has 5 heteroatoms. The third-order valence-corrected chi connectivity index (χ3v) is 3.16. The van der Waals surface area contributed by atoms with E-state index in [-0.39, 0.29) is 0 Å². The fraction of sp³-hybridized carbons (Fsp3) is 0.357. The molecule has 0 saturated carbocycles. The summed E-state index contributed by atoms with van der Waals surface area (Å²) in [5, 5.41) is 8.29. The largest absolute Gasteiger partial charge is 0.398 e. The van der Waals surface area contributed by atoms with Gasteiger partial charge in [0.1, 0.15) is 0 Å². The highest BCUT2D eigenvalue weighted by Gasteiger charge is 2.11. The Morgan fingerprint density at radius 2 is 1.84 bits per heavy atom. The van der Waals surface area contributed by atoms with Crippen LogP contribution in [0.1, 0.15) is 23.9 Å². The Bertz CT molecular complexity index is 568. The monoisotopic (exact) mass is 257 g/mol. The van der Waals surface area contributed by atoms with Crippen LogP contribution < -0.4 is 10.6 Å². The highest BCUT2D eigenvalue weighted by atomic mass is 15.3. The zero-order chi connectivity index (χ0) is 13.8. The predicted molar refractivity (Wildman–Crippen MR) is 76.9 cm³/mol. The predicted octanol–water partition coefficient (Wildman–Crippen LogP) is 2.10. The summed E-state index contributed by atoms with van der Waals surface area (Å²) >= 11 is 0. The smallest absolute Gasteiger partial charge is 0.245 e. The normalized spacial score (nSPS) is 10.5. The number of para-hydroxylation sites is 1. The fourth-order valence-corrected chi connectivity index (χ4v) is 1.79. The summed E-state index contributed by atoms with van der Waals surface area (Å²) in [7, 11) is 0. The molecule has 0 aliphatic carbocycles. The molecule has 0 saturated heterocycles. The lowest BCUT2D eigenvalue weighted by molar-refractivity contribution is 0.756. The second-order valence-electron chi connectivity index (χ2n) is 4.50. The summed E-state index contributed by atoms with van der Waals surface area (Å²) in [6.45, 7) is 7.41. The third-order valence-electron chi connectivity index (χ3n) is 3.16. The van der Waals surface area contributed by atoms with Gasteiger partial charge in [-0.1, -0.05) is 18.2 Å². The lowest BCUT2D eigenvalue weighted by Crippen LogP contribution is -2.25. The maximum atomic E-state index is 5.97. The number of nitrogens with zero attached hydrogens (tertiary/aromatic N) is 4. The van der Waals surface area contributed by atoms with Crippen LogP contribution in [0.3, 0.4) is 0 Å². The van der Waals surface area contributed by atoms with Crippen LogP contribution >= 0.6 is 0 Å². The van der Waals surface area contributed by atoms with Gasteiger partial charge in [-0.05, 0) is 32.4 Å². The topological polar surface area (TPSA) is 67.9 Å². The van der Waals surface area contributed by atoms with E-state index in [0.717, 1.165) is 29.2 Å². The molecule has 19 heavy (non-hydrogen) atoms. The maximum absolute atomic E-state index is 5.97. The number of aromatic nitrogens is 3. The van der Waals surface area contributed by atoms with Crippen LogP contribution in [0.4, 0.5) is 11.6 Å². The van der Waals surface area contributed by atoms with E-state index in [2.05, 4.69) is 27.0 Å². The van der Waals surface area contributed by atoms with E-state index in [4.69, 9.17) is 5.73 Å². The van der Waals surface area contributed by atoms with Crippen LogP contribution in [0, 0.1) is 13.8 Å². The first kappa shape index (κ1) is 13.3. The van der Waals surface area contributed by atoms with Crippen LogP contribution in [0.2, 0.25) is 0 Å². The Morgan fingerprint density at radius 3 is 2.47 bits per heavy atom. The quantitative estimate of drug-likeness (QED) is 0.849. The first-order valence-corrected chi connectivity index (χ1v) is 6.38. The summed E-state index contributed by atoms with van der Waals surface area (Å²) in [5.74, 6) is 0.647. The Hall–Kier alpha value is -2.17. The lowest BCUT2D eigenvalue weighted by atomic mass is 10.2. The van der Waals surface area contributed by atoms with Gasteiger partial charge in [0.2, 0.25) is 5.95 Å². The molecule has 0 aliphatic heterocycles. The molecule has 0 aliphatic rings. The Kier molecular flexibility index (Phi) is 3.94. The molecule has 0 amide bonds. The molecule has 1 aromatic carbocycles. The summed E-state index contributed by atoms with van der Waals surface area (Å²) in [6, 6.07) is 7.84. The Morgan fingerprint density at radius 1 is 1.11 bits per heavy atom. The van der Waals surface area contributed by atoms with E-state index in [1.165, 1.54) is 0 Å². The SMILES string of the molecule is CCN(Cc1ccccc1N)c1nnc(C)c(C)n1. The molecule has 5 nitrogen and oxygen atoms in total. The minimum atomic E-state index is 0.647.